The van der Waals surface area contributed by atoms with Crippen LogP contribution in [0.5, 0.6) is 0 Å². The molecule has 3 rings (SSSR count). The van der Waals surface area contributed by atoms with Gasteiger partial charge in [0, 0.05) is 36.7 Å². The number of benzene rings is 1. The van der Waals surface area contributed by atoms with Crippen LogP contribution < -0.4 is 5.32 Å². The number of rotatable bonds is 3. The average Bonchev–Trinajstić information content (AvgIpc) is 2.52. The van der Waals surface area contributed by atoms with Crippen molar-refractivity contribution in [2.24, 2.45) is 5.92 Å². The molecule has 2 aliphatic rings. The van der Waals surface area contributed by atoms with Gasteiger partial charge < -0.3 is 5.32 Å². The first kappa shape index (κ1) is 14.6. The highest BCUT2D eigenvalue weighted by atomic mass is 79.9. The highest BCUT2D eigenvalue weighted by Crippen LogP contribution is 2.38. The Kier molecular flexibility index (Phi) is 5.14. The molecule has 0 unspecified atom stereocenters. The van der Waals surface area contributed by atoms with E-state index in [4.69, 9.17) is 0 Å². The summed E-state index contributed by atoms with van der Waals surface area (Å²) in [5.41, 5.74) is 1.52. The van der Waals surface area contributed by atoms with Gasteiger partial charge in [-0.25, -0.2) is 0 Å². The number of hydrogen-bond acceptors (Lipinski definition) is 2. The Morgan fingerprint density at radius 2 is 1.65 bits per heavy atom. The molecule has 0 aromatic heterocycles. The van der Waals surface area contributed by atoms with E-state index in [1.807, 2.05) is 0 Å². The van der Waals surface area contributed by atoms with Crippen LogP contribution in [0.2, 0.25) is 0 Å². The van der Waals surface area contributed by atoms with Crippen molar-refractivity contribution < 1.29 is 0 Å². The van der Waals surface area contributed by atoms with Crippen molar-refractivity contribution >= 4 is 15.9 Å². The van der Waals surface area contributed by atoms with Gasteiger partial charge in [-0.3, -0.25) is 4.90 Å². The molecule has 20 heavy (non-hydrogen) atoms. The van der Waals surface area contributed by atoms with Gasteiger partial charge >= 0.3 is 0 Å². The standard InChI is InChI=1S/C17H25BrN2/c18-16-8-6-15(7-9-16)17(14-4-2-1-3-5-14)20-12-10-19-11-13-20/h6-9,14,17,19H,1-5,10-13H2/t17-/m0/s1. The van der Waals surface area contributed by atoms with E-state index in [1.165, 1.54) is 55.2 Å². The molecular formula is C17H25BrN2. The van der Waals surface area contributed by atoms with Crippen molar-refractivity contribution in [3.8, 4) is 0 Å². The number of halogens is 1. The number of nitrogens with one attached hydrogen (secondary N) is 1. The van der Waals surface area contributed by atoms with Crippen molar-refractivity contribution in [3.05, 3.63) is 34.3 Å². The molecule has 1 saturated carbocycles. The quantitative estimate of drug-likeness (QED) is 0.898. The zero-order valence-electron chi connectivity index (χ0n) is 12.2. The largest absolute Gasteiger partial charge is 0.314 e. The van der Waals surface area contributed by atoms with Gasteiger partial charge in [-0.05, 0) is 36.5 Å². The predicted octanol–water partition coefficient (Wildman–Crippen LogP) is 3.98. The summed E-state index contributed by atoms with van der Waals surface area (Å²) in [6, 6.07) is 9.68. The molecule has 1 aromatic carbocycles. The molecule has 0 amide bonds. The first-order valence-electron chi connectivity index (χ1n) is 8.05. The van der Waals surface area contributed by atoms with E-state index in [-0.39, 0.29) is 0 Å². The number of nitrogens with zero attached hydrogens (tertiary/aromatic N) is 1. The third-order valence-electron chi connectivity index (χ3n) is 4.85. The minimum atomic E-state index is 0.630. The molecule has 1 saturated heterocycles. The molecule has 0 radical (unpaired) electrons. The normalized spacial score (nSPS) is 23.6. The van der Waals surface area contributed by atoms with E-state index >= 15 is 0 Å². The van der Waals surface area contributed by atoms with E-state index in [0.29, 0.717) is 6.04 Å². The Hall–Kier alpha value is -0.380. The first-order valence-corrected chi connectivity index (χ1v) is 8.84. The SMILES string of the molecule is Brc1ccc([C@H](C2CCCCC2)N2CCNCC2)cc1. The molecule has 1 aromatic rings. The smallest absolute Gasteiger partial charge is 0.0377 e. The third-order valence-corrected chi connectivity index (χ3v) is 5.38. The van der Waals surface area contributed by atoms with Crippen LogP contribution in [0.4, 0.5) is 0 Å². The van der Waals surface area contributed by atoms with Gasteiger partial charge in [0.15, 0.2) is 0 Å². The molecule has 2 nitrogen and oxygen atoms in total. The summed E-state index contributed by atoms with van der Waals surface area (Å²) in [5, 5.41) is 3.48. The lowest BCUT2D eigenvalue weighted by atomic mass is 9.80. The summed E-state index contributed by atoms with van der Waals surface area (Å²) in [4.78, 5) is 2.72. The number of hydrogen-bond donors (Lipinski definition) is 1. The molecule has 1 heterocycles. The van der Waals surface area contributed by atoms with Crippen LogP contribution in [0.15, 0.2) is 28.7 Å². The molecule has 0 bridgehead atoms. The Morgan fingerprint density at radius 3 is 2.30 bits per heavy atom. The molecule has 1 aliphatic carbocycles. The zero-order valence-corrected chi connectivity index (χ0v) is 13.7. The van der Waals surface area contributed by atoms with Gasteiger partial charge in [0.2, 0.25) is 0 Å². The second kappa shape index (κ2) is 7.06. The molecule has 110 valence electrons. The Balaban J connectivity index is 1.83. The number of piperazine rings is 1. The van der Waals surface area contributed by atoms with Crippen molar-refractivity contribution in [2.75, 3.05) is 26.2 Å². The lowest BCUT2D eigenvalue weighted by Crippen LogP contribution is -2.47. The van der Waals surface area contributed by atoms with Crippen LogP contribution in [-0.2, 0) is 0 Å². The summed E-state index contributed by atoms with van der Waals surface area (Å²) >= 11 is 3.56. The van der Waals surface area contributed by atoms with Crippen LogP contribution in [-0.4, -0.2) is 31.1 Å². The van der Waals surface area contributed by atoms with E-state index < -0.39 is 0 Å². The summed E-state index contributed by atoms with van der Waals surface area (Å²) in [7, 11) is 0. The molecule has 1 N–H and O–H groups in total. The highest BCUT2D eigenvalue weighted by molar-refractivity contribution is 9.10. The fourth-order valence-electron chi connectivity index (χ4n) is 3.85. The first-order chi connectivity index (χ1) is 9.84. The molecule has 1 aliphatic heterocycles. The van der Waals surface area contributed by atoms with E-state index in [9.17, 15) is 0 Å². The summed E-state index contributed by atoms with van der Waals surface area (Å²) in [6.07, 6.45) is 7.09. The van der Waals surface area contributed by atoms with Crippen LogP contribution in [0, 0.1) is 5.92 Å². The van der Waals surface area contributed by atoms with Crippen LogP contribution in [0.3, 0.4) is 0 Å². The molecule has 2 fully saturated rings. The average molecular weight is 337 g/mol. The molecule has 1 atom stereocenters. The Labute approximate surface area is 131 Å². The van der Waals surface area contributed by atoms with Crippen LogP contribution >= 0.6 is 15.9 Å². The zero-order chi connectivity index (χ0) is 13.8. The van der Waals surface area contributed by atoms with Crippen molar-refractivity contribution in [2.45, 2.75) is 38.1 Å². The second-order valence-corrected chi connectivity index (χ2v) is 7.10. The van der Waals surface area contributed by atoms with Crippen molar-refractivity contribution in [1.82, 2.24) is 10.2 Å². The molecular weight excluding hydrogens is 312 g/mol. The molecule has 3 heteroatoms. The van der Waals surface area contributed by atoms with Crippen LogP contribution in [0.1, 0.15) is 43.7 Å². The van der Waals surface area contributed by atoms with Gasteiger partial charge in [0.1, 0.15) is 0 Å². The maximum absolute atomic E-state index is 3.56. The van der Waals surface area contributed by atoms with Gasteiger partial charge in [-0.2, -0.15) is 0 Å². The lowest BCUT2D eigenvalue weighted by Gasteiger charge is -2.41. The lowest BCUT2D eigenvalue weighted by molar-refractivity contribution is 0.103. The summed E-state index contributed by atoms with van der Waals surface area (Å²) < 4.78 is 1.18. The monoisotopic (exact) mass is 336 g/mol. The van der Waals surface area contributed by atoms with E-state index in [1.54, 1.807) is 0 Å². The predicted molar refractivity (Wildman–Crippen MR) is 87.9 cm³/mol. The summed E-state index contributed by atoms with van der Waals surface area (Å²) in [5.74, 6) is 0.850. The fraction of sp³-hybridized carbons (Fsp3) is 0.647. The van der Waals surface area contributed by atoms with Gasteiger partial charge in [-0.15, -0.1) is 0 Å². The van der Waals surface area contributed by atoms with Gasteiger partial charge in [0.25, 0.3) is 0 Å². The van der Waals surface area contributed by atoms with Crippen LogP contribution in [0.25, 0.3) is 0 Å². The Bertz CT molecular complexity index is 388. The van der Waals surface area contributed by atoms with Gasteiger partial charge in [0.05, 0.1) is 0 Å². The van der Waals surface area contributed by atoms with E-state index in [2.05, 4.69) is 50.4 Å². The van der Waals surface area contributed by atoms with Gasteiger partial charge in [-0.1, -0.05) is 47.3 Å². The maximum atomic E-state index is 3.56. The third kappa shape index (κ3) is 3.44. The fourth-order valence-corrected chi connectivity index (χ4v) is 4.12. The highest BCUT2D eigenvalue weighted by Gasteiger charge is 2.30. The minimum absolute atomic E-state index is 0.630. The summed E-state index contributed by atoms with van der Waals surface area (Å²) in [6.45, 7) is 4.66. The topological polar surface area (TPSA) is 15.3 Å². The Morgan fingerprint density at radius 1 is 1.00 bits per heavy atom. The maximum Gasteiger partial charge on any atom is 0.0377 e. The minimum Gasteiger partial charge on any atom is -0.314 e. The van der Waals surface area contributed by atoms with Crippen molar-refractivity contribution in [1.29, 1.82) is 0 Å². The second-order valence-electron chi connectivity index (χ2n) is 6.18. The molecule has 0 spiro atoms. The van der Waals surface area contributed by atoms with E-state index in [0.717, 1.165) is 19.0 Å². The van der Waals surface area contributed by atoms with Crippen molar-refractivity contribution in [3.63, 3.8) is 0 Å².